The molecule has 2 aromatic carbocycles. The monoisotopic (exact) mass is 434 g/mol. The Bertz CT molecular complexity index is 1210. The highest BCUT2D eigenvalue weighted by Crippen LogP contribution is 2.21. The van der Waals surface area contributed by atoms with Gasteiger partial charge >= 0.3 is 0 Å². The van der Waals surface area contributed by atoms with Crippen molar-refractivity contribution in [2.24, 2.45) is 0 Å². The highest BCUT2D eigenvalue weighted by atomic mass is 35.5. The minimum absolute atomic E-state index is 0.0418. The first-order valence-corrected chi connectivity index (χ1v) is 10.1. The van der Waals surface area contributed by atoms with Gasteiger partial charge in [0.15, 0.2) is 0 Å². The van der Waals surface area contributed by atoms with Crippen LogP contribution in [0, 0.1) is 17.0 Å². The molecule has 0 radical (unpaired) electrons. The molecule has 0 saturated carbocycles. The fourth-order valence-corrected chi connectivity index (χ4v) is 4.05. The summed E-state index contributed by atoms with van der Waals surface area (Å²) in [6.07, 6.45) is 2.64. The summed E-state index contributed by atoms with van der Waals surface area (Å²) in [6, 6.07) is 10.4. The Morgan fingerprint density at radius 3 is 2.66 bits per heavy atom. The van der Waals surface area contributed by atoms with Crippen LogP contribution in [-0.2, 0) is 16.6 Å². The van der Waals surface area contributed by atoms with Crippen LogP contribution >= 0.6 is 11.6 Å². The molecule has 29 heavy (non-hydrogen) atoms. The molecule has 1 N–H and O–H groups in total. The zero-order valence-corrected chi connectivity index (χ0v) is 16.6. The second-order valence-corrected chi connectivity index (χ2v) is 8.22. The number of benzene rings is 2. The van der Waals surface area contributed by atoms with Gasteiger partial charge in [-0.25, -0.2) is 13.1 Å². The normalized spacial score (nSPS) is 11.2. The van der Waals surface area contributed by atoms with Crippen LogP contribution in [0.4, 0.5) is 5.69 Å². The van der Waals surface area contributed by atoms with Crippen LogP contribution in [0.2, 0.25) is 5.02 Å². The molecule has 0 aliphatic carbocycles. The summed E-state index contributed by atoms with van der Waals surface area (Å²) >= 11 is 6.10. The van der Waals surface area contributed by atoms with Crippen LogP contribution in [0.25, 0.3) is 0 Å². The number of nitrogens with one attached hydrogen (secondary N) is 1. The van der Waals surface area contributed by atoms with Crippen molar-refractivity contribution in [1.82, 2.24) is 14.5 Å². The van der Waals surface area contributed by atoms with Crippen molar-refractivity contribution in [3.63, 3.8) is 0 Å². The highest BCUT2D eigenvalue weighted by Gasteiger charge is 2.23. The summed E-state index contributed by atoms with van der Waals surface area (Å²) in [4.78, 5) is 22.3. The Hall–Kier alpha value is -3.24. The Balaban J connectivity index is 1.77. The summed E-state index contributed by atoms with van der Waals surface area (Å²) in [6.45, 7) is 1.72. The lowest BCUT2D eigenvalue weighted by atomic mass is 10.2. The number of non-ortho nitro benzene ring substituents is 1. The molecule has 0 unspecified atom stereocenters. The van der Waals surface area contributed by atoms with Crippen molar-refractivity contribution in [1.29, 1.82) is 0 Å². The minimum Gasteiger partial charge on any atom is -0.268 e. The molecule has 9 nitrogen and oxygen atoms in total. The average Bonchev–Trinajstić information content (AvgIpc) is 3.11. The number of rotatable bonds is 6. The van der Waals surface area contributed by atoms with Gasteiger partial charge in [0.05, 0.1) is 28.1 Å². The summed E-state index contributed by atoms with van der Waals surface area (Å²) < 4.78 is 28.4. The molecule has 0 aliphatic rings. The van der Waals surface area contributed by atoms with Crippen molar-refractivity contribution >= 4 is 33.2 Å². The third-order valence-electron chi connectivity index (χ3n) is 4.07. The van der Waals surface area contributed by atoms with Crippen molar-refractivity contribution in [3.8, 4) is 0 Å². The van der Waals surface area contributed by atoms with Gasteiger partial charge in [-0.1, -0.05) is 29.8 Å². The summed E-state index contributed by atoms with van der Waals surface area (Å²) in [5, 5.41) is 15.4. The van der Waals surface area contributed by atoms with E-state index in [0.717, 1.165) is 23.8 Å². The predicted molar refractivity (Wildman–Crippen MR) is 105 cm³/mol. The number of hydrogen-bond donors (Lipinski definition) is 1. The number of halogens is 1. The van der Waals surface area contributed by atoms with Crippen molar-refractivity contribution in [2.45, 2.75) is 18.4 Å². The van der Waals surface area contributed by atoms with E-state index in [1.165, 1.54) is 24.0 Å². The van der Waals surface area contributed by atoms with Gasteiger partial charge in [-0.15, -0.1) is 0 Å². The molecule has 0 fully saturated rings. The van der Waals surface area contributed by atoms with Gasteiger partial charge in [-0.3, -0.25) is 19.6 Å². The number of nitro benzene ring substituents is 1. The fraction of sp³-hybridized carbons (Fsp3) is 0.111. The zero-order valence-electron chi connectivity index (χ0n) is 15.1. The molecule has 150 valence electrons. The van der Waals surface area contributed by atoms with Gasteiger partial charge in [0.1, 0.15) is 0 Å². The second-order valence-electron chi connectivity index (χ2n) is 6.16. The SMILES string of the molecule is Cc1cc([N+](=O)[O-])ccc1S(=O)(=O)NC(=O)c1cnn(Cc2ccccc2Cl)c1. The maximum absolute atomic E-state index is 12.5. The van der Waals surface area contributed by atoms with E-state index in [1.807, 2.05) is 16.9 Å². The van der Waals surface area contributed by atoms with Crippen LogP contribution in [0.5, 0.6) is 0 Å². The quantitative estimate of drug-likeness (QED) is 0.469. The van der Waals surface area contributed by atoms with Gasteiger partial charge < -0.3 is 0 Å². The van der Waals surface area contributed by atoms with Crippen molar-refractivity contribution in [3.05, 3.63) is 86.7 Å². The van der Waals surface area contributed by atoms with Gasteiger partial charge in [-0.05, 0) is 30.2 Å². The Labute approximate surface area is 171 Å². The lowest BCUT2D eigenvalue weighted by Gasteiger charge is -2.08. The molecule has 0 bridgehead atoms. The average molecular weight is 435 g/mol. The first-order chi connectivity index (χ1) is 13.7. The molecule has 1 heterocycles. The maximum atomic E-state index is 12.5. The van der Waals surface area contributed by atoms with Crippen molar-refractivity contribution < 1.29 is 18.1 Å². The van der Waals surface area contributed by atoms with Crippen LogP contribution < -0.4 is 4.72 Å². The molecule has 1 amide bonds. The number of aromatic nitrogens is 2. The van der Waals surface area contributed by atoms with E-state index in [4.69, 9.17) is 11.6 Å². The Kier molecular flexibility index (Phi) is 5.66. The number of hydrogen-bond acceptors (Lipinski definition) is 6. The fourth-order valence-electron chi connectivity index (χ4n) is 2.65. The van der Waals surface area contributed by atoms with Crippen LogP contribution in [0.1, 0.15) is 21.5 Å². The summed E-state index contributed by atoms with van der Waals surface area (Å²) in [5.74, 6) is -0.867. The van der Waals surface area contributed by atoms with E-state index in [0.29, 0.717) is 11.6 Å². The predicted octanol–water partition coefficient (Wildman–Crippen LogP) is 2.92. The molecular weight excluding hydrogens is 420 g/mol. The van der Waals surface area contributed by atoms with Crippen molar-refractivity contribution in [2.75, 3.05) is 0 Å². The molecule has 0 aliphatic heterocycles. The Morgan fingerprint density at radius 2 is 2.00 bits per heavy atom. The molecule has 0 spiro atoms. The van der Waals surface area contributed by atoms with E-state index in [2.05, 4.69) is 5.10 Å². The minimum atomic E-state index is -4.22. The van der Waals surface area contributed by atoms with Gasteiger partial charge in [0, 0.05) is 23.4 Å². The Morgan fingerprint density at radius 1 is 1.28 bits per heavy atom. The van der Waals surface area contributed by atoms with E-state index in [1.54, 1.807) is 12.1 Å². The third kappa shape index (κ3) is 4.61. The molecule has 3 rings (SSSR count). The largest absolute Gasteiger partial charge is 0.269 e. The molecule has 3 aromatic rings. The topological polar surface area (TPSA) is 124 Å². The number of carbonyl (C=O) groups excluding carboxylic acids is 1. The molecular formula is C18H15ClN4O5S. The molecule has 0 saturated heterocycles. The third-order valence-corrected chi connectivity index (χ3v) is 5.93. The first kappa shape index (κ1) is 20.5. The lowest BCUT2D eigenvalue weighted by molar-refractivity contribution is -0.385. The van der Waals surface area contributed by atoms with Crippen LogP contribution in [0.15, 0.2) is 59.8 Å². The summed E-state index contributed by atoms with van der Waals surface area (Å²) in [5.41, 5.74) is 0.737. The number of nitro groups is 1. The van der Waals surface area contributed by atoms with E-state index >= 15 is 0 Å². The number of sulfonamides is 1. The lowest BCUT2D eigenvalue weighted by Crippen LogP contribution is -2.30. The van der Waals surface area contributed by atoms with Crippen LogP contribution in [0.3, 0.4) is 0 Å². The standard InChI is InChI=1S/C18H15ClN4O5S/c1-12-8-15(23(25)26)6-7-17(12)29(27,28)21-18(24)14-9-20-22(11-14)10-13-4-2-3-5-16(13)19/h2-9,11H,10H2,1H3,(H,21,24). The van der Waals surface area contributed by atoms with Gasteiger partial charge in [0.2, 0.25) is 0 Å². The molecule has 1 aromatic heterocycles. The van der Waals surface area contributed by atoms with E-state index in [9.17, 15) is 23.3 Å². The molecule has 11 heteroatoms. The second kappa shape index (κ2) is 8.02. The highest BCUT2D eigenvalue weighted by molar-refractivity contribution is 7.90. The van der Waals surface area contributed by atoms with Gasteiger partial charge in [0.25, 0.3) is 21.6 Å². The van der Waals surface area contributed by atoms with E-state index in [-0.39, 0.29) is 21.7 Å². The first-order valence-electron chi connectivity index (χ1n) is 8.25. The van der Waals surface area contributed by atoms with E-state index < -0.39 is 20.9 Å². The number of nitrogens with zero attached hydrogens (tertiary/aromatic N) is 3. The van der Waals surface area contributed by atoms with Crippen LogP contribution in [-0.4, -0.2) is 29.0 Å². The smallest absolute Gasteiger partial charge is 0.268 e. The maximum Gasteiger partial charge on any atom is 0.269 e. The number of carbonyl (C=O) groups is 1. The zero-order chi connectivity index (χ0) is 21.2. The number of amides is 1. The van der Waals surface area contributed by atoms with Gasteiger partial charge in [-0.2, -0.15) is 5.10 Å². The summed E-state index contributed by atoms with van der Waals surface area (Å²) in [7, 11) is -4.22. The number of aryl methyl sites for hydroxylation is 1. The molecule has 0 atom stereocenters.